The molecule has 0 radical (unpaired) electrons. The summed E-state index contributed by atoms with van der Waals surface area (Å²) in [6.45, 7) is 0.330. The summed E-state index contributed by atoms with van der Waals surface area (Å²) in [7, 11) is 0. The smallest absolute Gasteiger partial charge is 0.138 e. The average molecular weight is 283 g/mol. The molecule has 0 atom stereocenters. The van der Waals surface area contributed by atoms with Crippen LogP contribution in [-0.2, 0) is 6.54 Å². The van der Waals surface area contributed by atoms with Gasteiger partial charge in [0, 0.05) is 11.0 Å². The largest absolute Gasteiger partial charge is 0.326 e. The molecule has 1 aromatic carbocycles. The maximum atomic E-state index is 12.9. The molecule has 1 nitrogen and oxygen atoms in total. The summed E-state index contributed by atoms with van der Waals surface area (Å²) in [6.07, 6.45) is 0. The third-order valence-corrected chi connectivity index (χ3v) is 2.63. The lowest BCUT2D eigenvalue weighted by atomic mass is 10.2. The summed E-state index contributed by atoms with van der Waals surface area (Å²) in [5.74, 6) is -0.292. The number of nitrogens with two attached hydrogens (primary N) is 1. The zero-order chi connectivity index (χ0) is 8.43. The second-order valence-electron chi connectivity index (χ2n) is 2.06. The molecule has 2 N–H and O–H groups in total. The Bertz CT molecular complexity index is 275. The van der Waals surface area contributed by atoms with E-state index in [1.165, 1.54) is 6.07 Å². The molecule has 0 spiro atoms. The van der Waals surface area contributed by atoms with E-state index in [1.54, 1.807) is 6.07 Å². The molecule has 0 heterocycles. The van der Waals surface area contributed by atoms with Gasteiger partial charge in [-0.3, -0.25) is 0 Å². The third kappa shape index (κ3) is 2.01. The van der Waals surface area contributed by atoms with Crippen LogP contribution in [0.2, 0.25) is 0 Å². The quantitative estimate of drug-likeness (QED) is 0.788. The minimum Gasteiger partial charge on any atom is -0.326 e. The molecule has 0 saturated carbocycles. The monoisotopic (exact) mass is 281 g/mol. The van der Waals surface area contributed by atoms with Gasteiger partial charge in [0.05, 0.1) is 4.47 Å². The third-order valence-electron chi connectivity index (χ3n) is 1.29. The zero-order valence-corrected chi connectivity index (χ0v) is 8.75. The van der Waals surface area contributed by atoms with Gasteiger partial charge in [-0.1, -0.05) is 15.9 Å². The predicted molar refractivity (Wildman–Crippen MR) is 49.7 cm³/mol. The molecule has 0 bridgehead atoms. The maximum Gasteiger partial charge on any atom is 0.138 e. The van der Waals surface area contributed by atoms with Crippen molar-refractivity contribution in [3.8, 4) is 0 Å². The molecule has 4 heteroatoms. The predicted octanol–water partition coefficient (Wildman–Crippen LogP) is 2.81. The van der Waals surface area contributed by atoms with Gasteiger partial charge in [-0.25, -0.2) is 4.39 Å². The van der Waals surface area contributed by atoms with Gasteiger partial charge in [-0.2, -0.15) is 0 Å². The normalized spacial score (nSPS) is 10.2. The lowest BCUT2D eigenvalue weighted by molar-refractivity contribution is 0.617. The molecule has 0 aliphatic carbocycles. The molecule has 0 fully saturated rings. The molecule has 1 aromatic rings. The first-order valence-electron chi connectivity index (χ1n) is 2.98. The molecular formula is C7H6Br2FN. The Balaban J connectivity index is 3.24. The van der Waals surface area contributed by atoms with E-state index in [0.717, 1.165) is 5.56 Å². The average Bonchev–Trinajstić information content (AvgIpc) is 1.96. The molecule has 0 aliphatic heterocycles. The summed E-state index contributed by atoms with van der Waals surface area (Å²) in [4.78, 5) is 0. The van der Waals surface area contributed by atoms with E-state index in [9.17, 15) is 4.39 Å². The van der Waals surface area contributed by atoms with Crippen molar-refractivity contribution >= 4 is 31.9 Å². The van der Waals surface area contributed by atoms with Crippen molar-refractivity contribution in [2.75, 3.05) is 0 Å². The van der Waals surface area contributed by atoms with Crippen LogP contribution in [0.3, 0.4) is 0 Å². The van der Waals surface area contributed by atoms with Crippen molar-refractivity contribution in [1.29, 1.82) is 0 Å². The van der Waals surface area contributed by atoms with Crippen LogP contribution in [0.1, 0.15) is 5.56 Å². The van der Waals surface area contributed by atoms with Gasteiger partial charge in [0.1, 0.15) is 5.82 Å². The van der Waals surface area contributed by atoms with Gasteiger partial charge < -0.3 is 5.73 Å². The number of hydrogen-bond donors (Lipinski definition) is 1. The van der Waals surface area contributed by atoms with Gasteiger partial charge in [0.15, 0.2) is 0 Å². The van der Waals surface area contributed by atoms with Crippen molar-refractivity contribution < 1.29 is 4.39 Å². The van der Waals surface area contributed by atoms with Crippen LogP contribution >= 0.6 is 31.9 Å². The van der Waals surface area contributed by atoms with Crippen LogP contribution in [0.4, 0.5) is 4.39 Å². The summed E-state index contributed by atoms with van der Waals surface area (Å²) in [5.41, 5.74) is 6.13. The Morgan fingerprint density at radius 3 is 2.55 bits per heavy atom. The Morgan fingerprint density at radius 1 is 1.36 bits per heavy atom. The van der Waals surface area contributed by atoms with Crippen LogP contribution in [0.5, 0.6) is 0 Å². The standard InChI is InChI=1S/C7H6Br2FN/c8-5-1-4(3-11)7(9)6(10)2-5/h1-2H,3,11H2. The van der Waals surface area contributed by atoms with Crippen LogP contribution in [-0.4, -0.2) is 0 Å². The summed E-state index contributed by atoms with van der Waals surface area (Å²) in [6, 6.07) is 3.18. The summed E-state index contributed by atoms with van der Waals surface area (Å²) in [5, 5.41) is 0. The minimum atomic E-state index is -0.292. The Morgan fingerprint density at radius 2 is 2.00 bits per heavy atom. The summed E-state index contributed by atoms with van der Waals surface area (Å²) < 4.78 is 14.0. The van der Waals surface area contributed by atoms with Gasteiger partial charge in [-0.05, 0) is 33.6 Å². The van der Waals surface area contributed by atoms with Crippen molar-refractivity contribution in [2.45, 2.75) is 6.54 Å². The summed E-state index contributed by atoms with van der Waals surface area (Å²) >= 11 is 6.27. The molecule has 11 heavy (non-hydrogen) atoms. The Kier molecular flexibility index (Phi) is 3.04. The first kappa shape index (κ1) is 9.16. The second kappa shape index (κ2) is 3.65. The molecule has 1 rings (SSSR count). The van der Waals surface area contributed by atoms with Crippen LogP contribution in [0, 0.1) is 5.82 Å². The van der Waals surface area contributed by atoms with E-state index in [4.69, 9.17) is 5.73 Å². The lowest BCUT2D eigenvalue weighted by Crippen LogP contribution is -1.98. The fraction of sp³-hybridized carbons (Fsp3) is 0.143. The number of rotatable bonds is 1. The molecule has 0 amide bonds. The zero-order valence-electron chi connectivity index (χ0n) is 5.57. The van der Waals surface area contributed by atoms with Crippen molar-refractivity contribution in [2.24, 2.45) is 5.73 Å². The van der Waals surface area contributed by atoms with Crippen LogP contribution < -0.4 is 5.73 Å². The van der Waals surface area contributed by atoms with E-state index in [-0.39, 0.29) is 5.82 Å². The van der Waals surface area contributed by atoms with E-state index in [0.29, 0.717) is 15.5 Å². The second-order valence-corrected chi connectivity index (χ2v) is 3.77. The number of benzene rings is 1. The molecular weight excluding hydrogens is 277 g/mol. The van der Waals surface area contributed by atoms with Gasteiger partial charge >= 0.3 is 0 Å². The highest BCUT2D eigenvalue weighted by Gasteiger charge is 2.05. The van der Waals surface area contributed by atoms with E-state index in [1.807, 2.05) is 0 Å². The van der Waals surface area contributed by atoms with E-state index in [2.05, 4.69) is 31.9 Å². The van der Waals surface area contributed by atoms with Gasteiger partial charge in [-0.15, -0.1) is 0 Å². The SMILES string of the molecule is NCc1cc(Br)cc(F)c1Br. The Hall–Kier alpha value is 0.0700. The molecule has 0 aromatic heterocycles. The molecule has 0 saturated heterocycles. The molecule has 0 aliphatic rings. The first-order chi connectivity index (χ1) is 5.15. The molecule has 60 valence electrons. The minimum absolute atomic E-state index is 0.292. The van der Waals surface area contributed by atoms with Crippen molar-refractivity contribution in [3.63, 3.8) is 0 Å². The van der Waals surface area contributed by atoms with E-state index >= 15 is 0 Å². The van der Waals surface area contributed by atoms with Crippen molar-refractivity contribution in [1.82, 2.24) is 0 Å². The van der Waals surface area contributed by atoms with Gasteiger partial charge in [0.2, 0.25) is 0 Å². The van der Waals surface area contributed by atoms with E-state index < -0.39 is 0 Å². The van der Waals surface area contributed by atoms with Crippen LogP contribution in [0.15, 0.2) is 21.1 Å². The highest BCUT2D eigenvalue weighted by Crippen LogP contribution is 2.24. The highest BCUT2D eigenvalue weighted by atomic mass is 79.9. The van der Waals surface area contributed by atoms with Gasteiger partial charge in [0.25, 0.3) is 0 Å². The van der Waals surface area contributed by atoms with Crippen molar-refractivity contribution in [3.05, 3.63) is 32.5 Å². The lowest BCUT2D eigenvalue weighted by Gasteiger charge is -2.02. The topological polar surface area (TPSA) is 26.0 Å². The number of hydrogen-bond acceptors (Lipinski definition) is 1. The highest BCUT2D eigenvalue weighted by molar-refractivity contribution is 9.11. The van der Waals surface area contributed by atoms with Crippen LogP contribution in [0.25, 0.3) is 0 Å². The fourth-order valence-corrected chi connectivity index (χ4v) is 1.63. The Labute approximate surface area is 81.0 Å². The fourth-order valence-electron chi connectivity index (χ4n) is 0.758. The molecule has 0 unspecified atom stereocenters. The first-order valence-corrected chi connectivity index (χ1v) is 4.57. The maximum absolute atomic E-state index is 12.9. The number of halogens is 3.